The molecule has 0 aliphatic rings. The zero-order valence-electron chi connectivity index (χ0n) is 13.4. The molecule has 0 saturated carbocycles. The van der Waals surface area contributed by atoms with Gasteiger partial charge in [-0.05, 0) is 65.1 Å². The molecule has 0 amide bonds. The molecular weight excluding hydrogens is 286 g/mol. The third kappa shape index (κ3) is 6.13. The van der Waals surface area contributed by atoms with Crippen LogP contribution in [0.2, 0.25) is 0 Å². The summed E-state index contributed by atoms with van der Waals surface area (Å²) in [5.41, 5.74) is 0.966. The molecule has 21 heavy (non-hydrogen) atoms. The van der Waals surface area contributed by atoms with Crippen LogP contribution in [0, 0.1) is 0 Å². The van der Waals surface area contributed by atoms with Gasteiger partial charge in [-0.1, -0.05) is 12.1 Å². The molecule has 2 N–H and O–H groups in total. The van der Waals surface area contributed by atoms with Crippen LogP contribution in [0.25, 0.3) is 0 Å². The molecule has 1 atom stereocenters. The quantitative estimate of drug-likeness (QED) is 0.680. The summed E-state index contributed by atoms with van der Waals surface area (Å²) in [7, 11) is 2.46. The van der Waals surface area contributed by atoms with E-state index in [1.807, 2.05) is 34.1 Å². The van der Waals surface area contributed by atoms with E-state index in [1.165, 1.54) is 0 Å². The predicted octanol–water partition coefficient (Wildman–Crippen LogP) is 1.59. The fourth-order valence-corrected chi connectivity index (χ4v) is 3.09. The Hall–Kier alpha value is -0.950. The Kier molecular flexibility index (Phi) is 7.31. The van der Waals surface area contributed by atoms with Crippen LogP contribution in [0.15, 0.2) is 29.2 Å². The fourth-order valence-electron chi connectivity index (χ4n) is 1.96. The normalized spacial score (nSPS) is 13.6. The van der Waals surface area contributed by atoms with E-state index in [-0.39, 0.29) is 6.04 Å². The highest BCUT2D eigenvalue weighted by Gasteiger charge is 2.14. The first-order chi connectivity index (χ1) is 9.86. The molecule has 6 heteroatoms. The second-order valence-corrected chi connectivity index (χ2v) is 7.26. The summed E-state index contributed by atoms with van der Waals surface area (Å²) in [6.45, 7) is 3.44. The highest BCUT2D eigenvalue weighted by Crippen LogP contribution is 2.17. The van der Waals surface area contributed by atoms with Gasteiger partial charge in [-0.25, -0.2) is 13.1 Å². The minimum absolute atomic E-state index is 0.125. The standard InChI is InChI=1S/C15H27N3O2S/c1-13(16-2)14-8-7-9-15(12-14)21(19,20)17-10-5-6-11-18(3)4/h7-9,12-13,16-17H,5-6,10-11H2,1-4H3. The summed E-state index contributed by atoms with van der Waals surface area (Å²) in [6, 6.07) is 7.19. The van der Waals surface area contributed by atoms with Crippen LogP contribution in [0.1, 0.15) is 31.4 Å². The first kappa shape index (κ1) is 18.1. The van der Waals surface area contributed by atoms with E-state index >= 15 is 0 Å². The Bertz CT molecular complexity index is 529. The number of unbranched alkanes of at least 4 members (excludes halogenated alkanes) is 1. The highest BCUT2D eigenvalue weighted by molar-refractivity contribution is 7.89. The molecule has 0 saturated heterocycles. The van der Waals surface area contributed by atoms with Gasteiger partial charge in [0.15, 0.2) is 0 Å². The largest absolute Gasteiger partial charge is 0.313 e. The second-order valence-electron chi connectivity index (χ2n) is 5.49. The Balaban J connectivity index is 2.62. The highest BCUT2D eigenvalue weighted by atomic mass is 32.2. The van der Waals surface area contributed by atoms with E-state index in [0.29, 0.717) is 11.4 Å². The number of rotatable bonds is 9. The maximum absolute atomic E-state index is 12.3. The maximum atomic E-state index is 12.3. The minimum Gasteiger partial charge on any atom is -0.313 e. The smallest absolute Gasteiger partial charge is 0.240 e. The first-order valence-corrected chi connectivity index (χ1v) is 8.77. The third-order valence-corrected chi connectivity index (χ3v) is 4.88. The Morgan fingerprint density at radius 3 is 2.57 bits per heavy atom. The summed E-state index contributed by atoms with van der Waals surface area (Å²) < 4.78 is 27.2. The van der Waals surface area contributed by atoms with Crippen LogP contribution >= 0.6 is 0 Å². The lowest BCUT2D eigenvalue weighted by Crippen LogP contribution is -2.26. The molecule has 0 aliphatic heterocycles. The molecule has 1 aromatic rings. The average molecular weight is 313 g/mol. The van der Waals surface area contributed by atoms with Gasteiger partial charge >= 0.3 is 0 Å². The van der Waals surface area contributed by atoms with Gasteiger partial charge in [0.25, 0.3) is 0 Å². The lowest BCUT2D eigenvalue weighted by Gasteiger charge is -2.13. The van der Waals surface area contributed by atoms with Crippen molar-refractivity contribution in [3.63, 3.8) is 0 Å². The number of sulfonamides is 1. The molecular formula is C15H27N3O2S. The zero-order valence-corrected chi connectivity index (χ0v) is 14.2. The summed E-state index contributed by atoms with van der Waals surface area (Å²) in [6.07, 6.45) is 1.82. The van der Waals surface area contributed by atoms with Crippen molar-refractivity contribution >= 4 is 10.0 Å². The van der Waals surface area contributed by atoms with Crippen molar-refractivity contribution in [2.45, 2.75) is 30.7 Å². The Morgan fingerprint density at radius 2 is 1.95 bits per heavy atom. The number of nitrogens with zero attached hydrogens (tertiary/aromatic N) is 1. The van der Waals surface area contributed by atoms with Crippen molar-refractivity contribution in [3.8, 4) is 0 Å². The average Bonchev–Trinajstić information content (AvgIpc) is 2.45. The molecule has 1 rings (SSSR count). The first-order valence-electron chi connectivity index (χ1n) is 7.28. The van der Waals surface area contributed by atoms with Gasteiger partial charge in [-0.3, -0.25) is 0 Å². The summed E-state index contributed by atoms with van der Waals surface area (Å²) >= 11 is 0. The Labute approximate surface area is 128 Å². The lowest BCUT2D eigenvalue weighted by molar-refractivity contribution is 0.394. The van der Waals surface area contributed by atoms with E-state index in [0.717, 1.165) is 24.9 Å². The molecule has 0 heterocycles. The summed E-state index contributed by atoms with van der Waals surface area (Å²) in [5, 5.41) is 3.11. The molecule has 0 bridgehead atoms. The fraction of sp³-hybridized carbons (Fsp3) is 0.600. The van der Waals surface area contributed by atoms with Crippen molar-refractivity contribution in [1.29, 1.82) is 0 Å². The van der Waals surface area contributed by atoms with E-state index in [2.05, 4.69) is 14.9 Å². The van der Waals surface area contributed by atoms with Gasteiger partial charge in [-0.15, -0.1) is 0 Å². The second kappa shape index (κ2) is 8.48. The number of benzene rings is 1. The molecule has 0 aromatic heterocycles. The van der Waals surface area contributed by atoms with E-state index in [1.54, 1.807) is 18.2 Å². The monoisotopic (exact) mass is 313 g/mol. The van der Waals surface area contributed by atoms with Gasteiger partial charge < -0.3 is 10.2 Å². The summed E-state index contributed by atoms with van der Waals surface area (Å²) in [4.78, 5) is 2.42. The molecule has 1 aromatic carbocycles. The van der Waals surface area contributed by atoms with Crippen LogP contribution in [-0.2, 0) is 10.0 Å². The van der Waals surface area contributed by atoms with Crippen molar-refractivity contribution in [3.05, 3.63) is 29.8 Å². The predicted molar refractivity (Wildman–Crippen MR) is 86.9 cm³/mol. The van der Waals surface area contributed by atoms with Gasteiger partial charge in [0.1, 0.15) is 0 Å². The number of hydrogen-bond acceptors (Lipinski definition) is 4. The molecule has 120 valence electrons. The number of hydrogen-bond donors (Lipinski definition) is 2. The molecule has 0 fully saturated rings. The van der Waals surface area contributed by atoms with Gasteiger partial charge in [0.05, 0.1) is 4.90 Å². The van der Waals surface area contributed by atoms with Gasteiger partial charge in [0, 0.05) is 12.6 Å². The van der Waals surface area contributed by atoms with Crippen LogP contribution in [0.4, 0.5) is 0 Å². The molecule has 0 aliphatic carbocycles. The summed E-state index contributed by atoms with van der Waals surface area (Å²) in [5.74, 6) is 0. The van der Waals surface area contributed by atoms with Crippen LogP contribution in [-0.4, -0.2) is 47.6 Å². The van der Waals surface area contributed by atoms with Crippen molar-refractivity contribution < 1.29 is 8.42 Å². The third-order valence-electron chi connectivity index (χ3n) is 3.43. The van der Waals surface area contributed by atoms with Crippen molar-refractivity contribution in [1.82, 2.24) is 14.9 Å². The van der Waals surface area contributed by atoms with Crippen LogP contribution < -0.4 is 10.0 Å². The lowest BCUT2D eigenvalue weighted by atomic mass is 10.1. The zero-order chi connectivity index (χ0) is 15.9. The topological polar surface area (TPSA) is 61.4 Å². The van der Waals surface area contributed by atoms with Gasteiger partial charge in [0.2, 0.25) is 10.0 Å². The van der Waals surface area contributed by atoms with Crippen LogP contribution in [0.3, 0.4) is 0 Å². The molecule has 1 unspecified atom stereocenters. The van der Waals surface area contributed by atoms with E-state index < -0.39 is 10.0 Å². The van der Waals surface area contributed by atoms with E-state index in [4.69, 9.17) is 0 Å². The molecule has 0 radical (unpaired) electrons. The molecule has 0 spiro atoms. The van der Waals surface area contributed by atoms with Gasteiger partial charge in [-0.2, -0.15) is 0 Å². The number of nitrogens with one attached hydrogen (secondary N) is 2. The molecule has 5 nitrogen and oxygen atoms in total. The Morgan fingerprint density at radius 1 is 1.24 bits per heavy atom. The SMILES string of the molecule is CNC(C)c1cccc(S(=O)(=O)NCCCCN(C)C)c1. The maximum Gasteiger partial charge on any atom is 0.240 e. The van der Waals surface area contributed by atoms with Crippen LogP contribution in [0.5, 0.6) is 0 Å². The van der Waals surface area contributed by atoms with Crippen molar-refractivity contribution in [2.75, 3.05) is 34.2 Å². The minimum atomic E-state index is -3.42. The van der Waals surface area contributed by atoms with Crippen molar-refractivity contribution in [2.24, 2.45) is 0 Å². The van der Waals surface area contributed by atoms with E-state index in [9.17, 15) is 8.42 Å².